The van der Waals surface area contributed by atoms with Gasteiger partial charge in [-0.2, -0.15) is 0 Å². The average molecular weight is 321 g/mol. The molecule has 0 radical (unpaired) electrons. The summed E-state index contributed by atoms with van der Waals surface area (Å²) in [6.45, 7) is 0. The molecule has 0 fully saturated rings. The summed E-state index contributed by atoms with van der Waals surface area (Å²) in [6, 6.07) is 0. The van der Waals surface area contributed by atoms with Gasteiger partial charge in [0.05, 0.1) is 11.4 Å². The fourth-order valence-electron chi connectivity index (χ4n) is 0.792. The van der Waals surface area contributed by atoms with E-state index in [4.69, 9.17) is 11.6 Å². The molecule has 1 heterocycles. The zero-order valence-corrected chi connectivity index (χ0v) is 9.11. The topological polar surface area (TPSA) is 12.9 Å². The Balaban J connectivity index is 3.27. The Hall–Kier alpha value is -0.0400. The highest BCUT2D eigenvalue weighted by atomic mass is 127. The second-order valence-corrected chi connectivity index (χ2v) is 3.52. The maximum absolute atomic E-state index is 13.2. The van der Waals surface area contributed by atoms with Crippen LogP contribution >= 0.6 is 34.2 Å². The quantitative estimate of drug-likeness (QED) is 0.461. The van der Waals surface area contributed by atoms with Crippen molar-refractivity contribution in [1.29, 1.82) is 0 Å². The van der Waals surface area contributed by atoms with Crippen LogP contribution in [0.2, 0.25) is 0 Å². The largest absolute Gasteiger partial charge is 0.268 e. The van der Waals surface area contributed by atoms with Gasteiger partial charge < -0.3 is 0 Å². The van der Waals surface area contributed by atoms with Crippen molar-refractivity contribution in [2.24, 2.45) is 0 Å². The van der Waals surface area contributed by atoms with Gasteiger partial charge in [-0.25, -0.2) is 18.2 Å². The Bertz CT molecular complexity index is 319. The Morgan fingerprint density at radius 1 is 1.54 bits per heavy atom. The highest BCUT2D eigenvalue weighted by Crippen LogP contribution is 2.26. The molecule has 0 atom stereocenters. The number of hydrogen-bond acceptors (Lipinski definition) is 1. The van der Waals surface area contributed by atoms with Gasteiger partial charge in [0, 0.05) is 11.8 Å². The monoisotopic (exact) mass is 321 g/mol. The van der Waals surface area contributed by atoms with Gasteiger partial charge in [0.1, 0.15) is 9.52 Å². The predicted molar refractivity (Wildman–Crippen MR) is 51.4 cm³/mol. The Morgan fingerprint density at radius 3 is 2.62 bits per heavy atom. The molecule has 1 nitrogen and oxygen atoms in total. The maximum Gasteiger partial charge on any atom is 0.268 e. The van der Waals surface area contributed by atoms with Crippen molar-refractivity contribution in [1.82, 2.24) is 4.98 Å². The van der Waals surface area contributed by atoms with Crippen LogP contribution in [0.25, 0.3) is 0 Å². The Labute approximate surface area is 91.4 Å². The summed E-state index contributed by atoms with van der Waals surface area (Å²) in [5.41, 5.74) is -0.670. The molecule has 0 N–H and O–H groups in total. The smallest absolute Gasteiger partial charge is 0.249 e. The lowest BCUT2D eigenvalue weighted by Gasteiger charge is -2.06. The molecule has 0 unspecified atom stereocenters. The second-order valence-electron chi connectivity index (χ2n) is 2.23. The zero-order chi connectivity index (χ0) is 10.0. The van der Waals surface area contributed by atoms with E-state index in [9.17, 15) is 13.2 Å². The van der Waals surface area contributed by atoms with Gasteiger partial charge in [-0.15, -0.1) is 11.6 Å². The van der Waals surface area contributed by atoms with Crippen LogP contribution < -0.4 is 0 Å². The fraction of sp³-hybridized carbons (Fsp3) is 0.286. The third-order valence-corrected chi connectivity index (χ3v) is 2.65. The summed E-state index contributed by atoms with van der Waals surface area (Å²) in [6.07, 6.45) is -2.02. The molecule has 0 amide bonds. The van der Waals surface area contributed by atoms with Crippen molar-refractivity contribution >= 4 is 34.2 Å². The van der Waals surface area contributed by atoms with E-state index in [0.717, 1.165) is 6.20 Å². The third kappa shape index (κ3) is 2.25. The van der Waals surface area contributed by atoms with E-state index >= 15 is 0 Å². The zero-order valence-electron chi connectivity index (χ0n) is 6.20. The molecule has 1 aromatic rings. The molecule has 1 aromatic heterocycles. The van der Waals surface area contributed by atoms with Crippen molar-refractivity contribution in [2.45, 2.75) is 12.3 Å². The number of hydrogen-bond donors (Lipinski definition) is 0. The normalized spacial score (nSPS) is 10.9. The van der Waals surface area contributed by atoms with E-state index in [1.165, 1.54) is 0 Å². The molecule has 6 heteroatoms. The SMILES string of the molecule is Fc1c(C(F)F)cnc(I)c1CCl. The molecule has 0 saturated heterocycles. The predicted octanol–water partition coefficient (Wildman–Crippen LogP) is 3.50. The summed E-state index contributed by atoms with van der Waals surface area (Å²) >= 11 is 7.13. The van der Waals surface area contributed by atoms with Gasteiger partial charge in [-0.1, -0.05) is 0 Å². The van der Waals surface area contributed by atoms with Crippen LogP contribution in [0.5, 0.6) is 0 Å². The average Bonchev–Trinajstić information content (AvgIpc) is 2.04. The molecule has 0 saturated carbocycles. The van der Waals surface area contributed by atoms with E-state index in [1.54, 1.807) is 22.6 Å². The van der Waals surface area contributed by atoms with Crippen LogP contribution in [0.1, 0.15) is 17.6 Å². The summed E-state index contributed by atoms with van der Waals surface area (Å²) < 4.78 is 37.8. The van der Waals surface area contributed by atoms with Crippen LogP contribution in [-0.4, -0.2) is 4.98 Å². The number of pyridine rings is 1. The minimum Gasteiger partial charge on any atom is -0.249 e. The third-order valence-electron chi connectivity index (χ3n) is 1.45. The van der Waals surface area contributed by atoms with Gasteiger partial charge in [-0.3, -0.25) is 0 Å². The first-order valence-electron chi connectivity index (χ1n) is 3.24. The lowest BCUT2D eigenvalue weighted by atomic mass is 10.2. The van der Waals surface area contributed by atoms with Crippen LogP contribution in [0.4, 0.5) is 13.2 Å². The lowest BCUT2D eigenvalue weighted by molar-refractivity contribution is 0.145. The highest BCUT2D eigenvalue weighted by Gasteiger charge is 2.18. The molecule has 13 heavy (non-hydrogen) atoms. The second kappa shape index (κ2) is 4.45. The van der Waals surface area contributed by atoms with E-state index in [-0.39, 0.29) is 11.4 Å². The molecule has 0 spiro atoms. The number of nitrogens with zero attached hydrogens (tertiary/aromatic N) is 1. The van der Waals surface area contributed by atoms with Crippen molar-refractivity contribution in [3.63, 3.8) is 0 Å². The van der Waals surface area contributed by atoms with E-state index in [1.807, 2.05) is 0 Å². The molecular weight excluding hydrogens is 317 g/mol. The van der Waals surface area contributed by atoms with Crippen molar-refractivity contribution in [3.05, 3.63) is 26.8 Å². The van der Waals surface area contributed by atoms with Gasteiger partial charge in [0.15, 0.2) is 0 Å². The highest BCUT2D eigenvalue weighted by molar-refractivity contribution is 14.1. The summed E-state index contributed by atoms with van der Waals surface area (Å²) in [4.78, 5) is 3.61. The summed E-state index contributed by atoms with van der Waals surface area (Å²) in [7, 11) is 0. The summed E-state index contributed by atoms with van der Waals surface area (Å²) in [5.74, 6) is -1.11. The van der Waals surface area contributed by atoms with Gasteiger partial charge in [-0.05, 0) is 22.6 Å². The minimum absolute atomic E-state index is 0.0278. The molecular formula is C7H4ClF3IN. The molecule has 72 valence electrons. The maximum atomic E-state index is 13.2. The first kappa shape index (κ1) is 11.0. The van der Waals surface area contributed by atoms with Gasteiger partial charge >= 0.3 is 0 Å². The first-order chi connectivity index (χ1) is 6.07. The van der Waals surface area contributed by atoms with Gasteiger partial charge in [0.25, 0.3) is 6.43 Å². The van der Waals surface area contributed by atoms with Crippen LogP contribution in [0.3, 0.4) is 0 Å². The Morgan fingerprint density at radius 2 is 2.15 bits per heavy atom. The molecule has 0 aliphatic rings. The molecule has 0 aromatic carbocycles. The molecule has 0 bridgehead atoms. The number of aromatic nitrogens is 1. The number of alkyl halides is 3. The first-order valence-corrected chi connectivity index (χ1v) is 4.86. The molecule has 1 rings (SSSR count). The van der Waals surface area contributed by atoms with Crippen molar-refractivity contribution in [2.75, 3.05) is 0 Å². The van der Waals surface area contributed by atoms with Crippen molar-refractivity contribution in [3.8, 4) is 0 Å². The lowest BCUT2D eigenvalue weighted by Crippen LogP contribution is -2.01. The van der Waals surface area contributed by atoms with Gasteiger partial charge in [0.2, 0.25) is 0 Å². The standard InChI is InChI=1S/C7H4ClF3IN/c8-1-3-5(9)4(6(10)11)2-13-7(3)12/h2,6H,1H2. The Kier molecular flexibility index (Phi) is 3.78. The summed E-state index contributed by atoms with van der Waals surface area (Å²) in [5, 5.41) is 0. The van der Waals surface area contributed by atoms with Crippen LogP contribution in [0.15, 0.2) is 6.20 Å². The molecule has 0 aliphatic heterocycles. The minimum atomic E-state index is -2.86. The fourth-order valence-corrected chi connectivity index (χ4v) is 1.83. The van der Waals surface area contributed by atoms with E-state index < -0.39 is 17.8 Å². The van der Waals surface area contributed by atoms with Crippen molar-refractivity contribution < 1.29 is 13.2 Å². The molecule has 0 aliphatic carbocycles. The van der Waals surface area contributed by atoms with Crippen LogP contribution in [0, 0.1) is 9.52 Å². The van der Waals surface area contributed by atoms with Crippen LogP contribution in [-0.2, 0) is 5.88 Å². The number of halogens is 5. The number of rotatable bonds is 2. The van der Waals surface area contributed by atoms with E-state index in [0.29, 0.717) is 3.70 Å². The van der Waals surface area contributed by atoms with E-state index in [2.05, 4.69) is 4.98 Å².